The Hall–Kier alpha value is -3.15. The van der Waals surface area contributed by atoms with Gasteiger partial charge in [0.15, 0.2) is 0 Å². The Labute approximate surface area is 178 Å². The van der Waals surface area contributed by atoms with Gasteiger partial charge in [-0.15, -0.1) is 0 Å². The maximum atomic E-state index is 13.1. The summed E-state index contributed by atoms with van der Waals surface area (Å²) < 4.78 is 0. The summed E-state index contributed by atoms with van der Waals surface area (Å²) in [6.07, 6.45) is 2.75. The first kappa shape index (κ1) is 21.6. The van der Waals surface area contributed by atoms with Crippen LogP contribution in [0.25, 0.3) is 0 Å². The van der Waals surface area contributed by atoms with Crippen molar-refractivity contribution < 1.29 is 9.59 Å². The molecule has 2 aromatic rings. The van der Waals surface area contributed by atoms with Crippen molar-refractivity contribution in [3.05, 3.63) is 64.7 Å². The lowest BCUT2D eigenvalue weighted by atomic mass is 9.96. The predicted molar refractivity (Wildman–Crippen MR) is 120 cm³/mol. The van der Waals surface area contributed by atoms with E-state index in [1.165, 1.54) is 0 Å². The molecule has 3 rings (SSSR count). The Kier molecular flexibility index (Phi) is 6.87. The molecule has 3 N–H and O–H groups in total. The normalized spacial score (nSPS) is 12.9. The lowest BCUT2D eigenvalue weighted by Crippen LogP contribution is -2.39. The van der Waals surface area contributed by atoms with Gasteiger partial charge in [0.25, 0.3) is 5.91 Å². The third kappa shape index (κ3) is 4.53. The number of benzene rings is 2. The van der Waals surface area contributed by atoms with Crippen LogP contribution in [0.3, 0.4) is 0 Å². The second-order valence-electron chi connectivity index (χ2n) is 7.55. The molecule has 6 heteroatoms. The average Bonchev–Trinajstić information content (AvgIpc) is 2.77. The number of nitrogen functional groups attached to an aromatic ring is 1. The standard InChI is InChI=1S/C24H30N4O2/c1-3-27(4-2)24(30)20-9-5-7-18-8-6-16-28(22(18)20)21(29)15-12-17-10-13-19(14-11-17)23(25)26/h5,7,9-11,13-14H,3-4,6,8,12,15-16H2,1-2H3,(H3,25,26). The fraction of sp³-hybridized carbons (Fsp3) is 0.375. The number of anilines is 1. The number of rotatable bonds is 7. The van der Waals surface area contributed by atoms with Crippen LogP contribution in [-0.4, -0.2) is 42.2 Å². The smallest absolute Gasteiger partial charge is 0.255 e. The van der Waals surface area contributed by atoms with Crippen LogP contribution in [0.4, 0.5) is 5.69 Å². The number of fused-ring (bicyclic) bond motifs is 1. The minimum Gasteiger partial charge on any atom is -0.384 e. The van der Waals surface area contributed by atoms with Gasteiger partial charge in [-0.05, 0) is 50.3 Å². The molecular formula is C24H30N4O2. The number of nitrogens with zero attached hydrogens (tertiary/aromatic N) is 2. The van der Waals surface area contributed by atoms with E-state index in [2.05, 4.69) is 0 Å². The summed E-state index contributed by atoms with van der Waals surface area (Å²) in [5.74, 6) is 0.0516. The molecule has 6 nitrogen and oxygen atoms in total. The Balaban J connectivity index is 1.80. The summed E-state index contributed by atoms with van der Waals surface area (Å²) >= 11 is 0. The fourth-order valence-corrected chi connectivity index (χ4v) is 3.99. The van der Waals surface area contributed by atoms with E-state index in [4.69, 9.17) is 11.1 Å². The lowest BCUT2D eigenvalue weighted by molar-refractivity contribution is -0.118. The van der Waals surface area contributed by atoms with Gasteiger partial charge in [-0.3, -0.25) is 15.0 Å². The Bertz CT molecular complexity index is 933. The van der Waals surface area contributed by atoms with E-state index in [1.54, 1.807) is 21.9 Å². The van der Waals surface area contributed by atoms with Gasteiger partial charge >= 0.3 is 0 Å². The largest absolute Gasteiger partial charge is 0.384 e. The molecule has 1 aliphatic rings. The van der Waals surface area contributed by atoms with Crippen LogP contribution in [0.15, 0.2) is 42.5 Å². The predicted octanol–water partition coefficient (Wildman–Crippen LogP) is 3.36. The molecule has 0 saturated heterocycles. The molecule has 0 aliphatic carbocycles. The summed E-state index contributed by atoms with van der Waals surface area (Å²) in [4.78, 5) is 29.8. The third-order valence-electron chi connectivity index (χ3n) is 5.69. The molecule has 0 bridgehead atoms. The van der Waals surface area contributed by atoms with Crippen molar-refractivity contribution in [2.24, 2.45) is 5.73 Å². The van der Waals surface area contributed by atoms with Gasteiger partial charge in [0.05, 0.1) is 11.3 Å². The summed E-state index contributed by atoms with van der Waals surface area (Å²) in [6.45, 7) is 5.86. The molecule has 0 saturated carbocycles. The van der Waals surface area contributed by atoms with Crippen LogP contribution < -0.4 is 10.6 Å². The summed E-state index contributed by atoms with van der Waals surface area (Å²) in [5, 5.41) is 7.48. The number of nitrogens with one attached hydrogen (secondary N) is 1. The zero-order valence-electron chi connectivity index (χ0n) is 17.8. The van der Waals surface area contributed by atoms with Crippen molar-refractivity contribution in [3.8, 4) is 0 Å². The van der Waals surface area contributed by atoms with Crippen LogP contribution >= 0.6 is 0 Å². The van der Waals surface area contributed by atoms with Gasteiger partial charge in [0.1, 0.15) is 5.84 Å². The summed E-state index contributed by atoms with van der Waals surface area (Å²) in [7, 11) is 0. The molecule has 0 atom stereocenters. The SMILES string of the molecule is CCN(CC)C(=O)c1cccc2c1N(C(=O)CCc1ccc(C(=N)N)cc1)CCC2. The highest BCUT2D eigenvalue weighted by atomic mass is 16.2. The van der Waals surface area contributed by atoms with E-state index in [0.717, 1.165) is 29.7 Å². The molecular weight excluding hydrogens is 376 g/mol. The Morgan fingerprint density at radius 2 is 1.80 bits per heavy atom. The lowest BCUT2D eigenvalue weighted by Gasteiger charge is -2.32. The number of hydrogen-bond donors (Lipinski definition) is 2. The van der Waals surface area contributed by atoms with Gasteiger partial charge in [-0.25, -0.2) is 0 Å². The van der Waals surface area contributed by atoms with Crippen LogP contribution in [0.5, 0.6) is 0 Å². The molecule has 0 fully saturated rings. The number of aryl methyl sites for hydroxylation is 2. The fourth-order valence-electron chi connectivity index (χ4n) is 3.99. The van der Waals surface area contributed by atoms with E-state index in [-0.39, 0.29) is 17.6 Å². The van der Waals surface area contributed by atoms with E-state index in [1.807, 2.05) is 44.2 Å². The molecule has 30 heavy (non-hydrogen) atoms. The molecule has 0 spiro atoms. The highest BCUT2D eigenvalue weighted by molar-refractivity contribution is 6.06. The van der Waals surface area contributed by atoms with Crippen molar-refractivity contribution in [2.75, 3.05) is 24.5 Å². The van der Waals surface area contributed by atoms with Crippen molar-refractivity contribution >= 4 is 23.3 Å². The zero-order chi connectivity index (χ0) is 21.7. The minimum absolute atomic E-state index is 0.0172. The maximum absolute atomic E-state index is 13.1. The van der Waals surface area contributed by atoms with Gasteiger partial charge in [0.2, 0.25) is 5.91 Å². The molecule has 2 aromatic carbocycles. The van der Waals surface area contributed by atoms with E-state index in [9.17, 15) is 9.59 Å². The minimum atomic E-state index is -0.0172. The number of carbonyl (C=O) groups is 2. The quantitative estimate of drug-likeness (QED) is 0.546. The molecule has 158 valence electrons. The Morgan fingerprint density at radius 1 is 1.10 bits per heavy atom. The number of amides is 2. The molecule has 1 aliphatic heterocycles. The van der Waals surface area contributed by atoms with E-state index in [0.29, 0.717) is 43.6 Å². The van der Waals surface area contributed by atoms with Crippen molar-refractivity contribution in [3.63, 3.8) is 0 Å². The number of carbonyl (C=O) groups excluding carboxylic acids is 2. The first-order chi connectivity index (χ1) is 14.5. The van der Waals surface area contributed by atoms with E-state index < -0.39 is 0 Å². The molecule has 0 aromatic heterocycles. The molecule has 1 heterocycles. The van der Waals surface area contributed by atoms with Gasteiger partial charge in [-0.1, -0.05) is 36.4 Å². The highest BCUT2D eigenvalue weighted by Crippen LogP contribution is 2.32. The van der Waals surface area contributed by atoms with Gasteiger partial charge in [-0.2, -0.15) is 0 Å². The van der Waals surface area contributed by atoms with Crippen molar-refractivity contribution in [1.82, 2.24) is 4.90 Å². The van der Waals surface area contributed by atoms with Crippen molar-refractivity contribution in [1.29, 1.82) is 5.41 Å². The topological polar surface area (TPSA) is 90.5 Å². The third-order valence-corrected chi connectivity index (χ3v) is 5.69. The molecule has 0 unspecified atom stereocenters. The summed E-state index contributed by atoms with van der Waals surface area (Å²) in [5.41, 5.74) is 9.68. The number of hydrogen-bond acceptors (Lipinski definition) is 3. The van der Waals surface area contributed by atoms with E-state index >= 15 is 0 Å². The average molecular weight is 407 g/mol. The Morgan fingerprint density at radius 3 is 2.43 bits per heavy atom. The molecule has 0 radical (unpaired) electrons. The number of nitrogens with two attached hydrogens (primary N) is 1. The first-order valence-electron chi connectivity index (χ1n) is 10.6. The second-order valence-corrected chi connectivity index (χ2v) is 7.55. The number of para-hydroxylation sites is 1. The molecule has 2 amide bonds. The van der Waals surface area contributed by atoms with Crippen molar-refractivity contribution in [2.45, 2.75) is 39.5 Å². The highest BCUT2D eigenvalue weighted by Gasteiger charge is 2.28. The maximum Gasteiger partial charge on any atom is 0.255 e. The van der Waals surface area contributed by atoms with Crippen LogP contribution in [-0.2, 0) is 17.6 Å². The zero-order valence-corrected chi connectivity index (χ0v) is 17.8. The number of amidine groups is 1. The van der Waals surface area contributed by atoms with Gasteiger partial charge < -0.3 is 15.5 Å². The van der Waals surface area contributed by atoms with Crippen LogP contribution in [0.1, 0.15) is 53.7 Å². The second kappa shape index (κ2) is 9.57. The van der Waals surface area contributed by atoms with Crippen LogP contribution in [0.2, 0.25) is 0 Å². The monoisotopic (exact) mass is 406 g/mol. The van der Waals surface area contributed by atoms with Crippen LogP contribution in [0, 0.1) is 5.41 Å². The van der Waals surface area contributed by atoms with Gasteiger partial charge in [0, 0.05) is 31.6 Å². The first-order valence-corrected chi connectivity index (χ1v) is 10.6. The summed E-state index contributed by atoms with van der Waals surface area (Å²) in [6, 6.07) is 13.2.